The van der Waals surface area contributed by atoms with Crippen molar-refractivity contribution in [3.8, 4) is 11.3 Å². The van der Waals surface area contributed by atoms with E-state index in [0.29, 0.717) is 18.6 Å². The molecule has 1 aliphatic rings. The average Bonchev–Trinajstić information content (AvgIpc) is 3.30. The summed E-state index contributed by atoms with van der Waals surface area (Å²) in [6.45, 7) is -0.390. The fourth-order valence-electron chi connectivity index (χ4n) is 3.10. The van der Waals surface area contributed by atoms with Gasteiger partial charge >= 0.3 is 5.97 Å². The predicted octanol–water partition coefficient (Wildman–Crippen LogP) is 2.07. The minimum atomic E-state index is -3.07. The van der Waals surface area contributed by atoms with Crippen molar-refractivity contribution in [1.29, 1.82) is 0 Å². The highest BCUT2D eigenvalue weighted by atomic mass is 32.2. The fraction of sp³-hybridized carbons (Fsp3) is 0.400. The number of carbonyl (C=O) groups is 2. The van der Waals surface area contributed by atoms with Gasteiger partial charge in [-0.25, -0.2) is 8.42 Å². The Bertz CT molecular complexity index is 935. The fourth-order valence-corrected chi connectivity index (χ4v) is 4.87. The number of likely N-dealkylation sites (N-methyl/N-ethyl adjacent to an activating group) is 1. The summed E-state index contributed by atoms with van der Waals surface area (Å²) >= 11 is 0. The number of esters is 1. The van der Waals surface area contributed by atoms with Crippen LogP contribution in [0.15, 0.2) is 46.9 Å². The zero-order valence-corrected chi connectivity index (χ0v) is 16.5. The topological polar surface area (TPSA) is 93.9 Å². The van der Waals surface area contributed by atoms with Gasteiger partial charge in [-0.1, -0.05) is 30.3 Å². The summed E-state index contributed by atoms with van der Waals surface area (Å²) in [5.74, 6) is 0.537. The molecule has 8 heteroatoms. The largest absolute Gasteiger partial charge is 0.461 e. The minimum absolute atomic E-state index is 0.0363. The first-order valence-corrected chi connectivity index (χ1v) is 10.9. The molecule has 7 nitrogen and oxygen atoms in total. The van der Waals surface area contributed by atoms with E-state index in [1.165, 1.54) is 11.9 Å². The van der Waals surface area contributed by atoms with E-state index in [2.05, 4.69) is 0 Å². The summed E-state index contributed by atoms with van der Waals surface area (Å²) in [4.78, 5) is 25.4. The number of sulfone groups is 1. The van der Waals surface area contributed by atoms with Gasteiger partial charge in [-0.05, 0) is 18.6 Å². The molecule has 1 aliphatic heterocycles. The second kappa shape index (κ2) is 8.60. The molecule has 1 atom stereocenters. The number of furan rings is 1. The summed E-state index contributed by atoms with van der Waals surface area (Å²) < 4.78 is 33.8. The molecule has 3 rings (SSSR count). The van der Waals surface area contributed by atoms with E-state index in [-0.39, 0.29) is 30.6 Å². The number of aryl methyl sites for hydroxylation is 1. The molecule has 0 radical (unpaired) electrons. The molecule has 2 heterocycles. The second-order valence-electron chi connectivity index (χ2n) is 6.85. The van der Waals surface area contributed by atoms with Crippen LogP contribution in [0.3, 0.4) is 0 Å². The van der Waals surface area contributed by atoms with Crippen LogP contribution in [-0.2, 0) is 30.6 Å². The van der Waals surface area contributed by atoms with Gasteiger partial charge in [0.05, 0.1) is 17.9 Å². The van der Waals surface area contributed by atoms with Crippen LogP contribution in [0.1, 0.15) is 18.6 Å². The van der Waals surface area contributed by atoms with Gasteiger partial charge in [0.25, 0.3) is 5.91 Å². The maximum atomic E-state index is 12.1. The summed E-state index contributed by atoms with van der Waals surface area (Å²) in [7, 11) is -1.54. The molecule has 2 aromatic rings. The van der Waals surface area contributed by atoms with Crippen LogP contribution < -0.4 is 0 Å². The van der Waals surface area contributed by atoms with E-state index < -0.39 is 21.7 Å². The minimum Gasteiger partial charge on any atom is -0.461 e. The number of benzene rings is 1. The first-order chi connectivity index (χ1) is 13.3. The van der Waals surface area contributed by atoms with Crippen LogP contribution in [0.5, 0.6) is 0 Å². The number of ether oxygens (including phenoxy) is 1. The van der Waals surface area contributed by atoms with Crippen molar-refractivity contribution in [3.63, 3.8) is 0 Å². The summed E-state index contributed by atoms with van der Waals surface area (Å²) in [6.07, 6.45) is 0.883. The molecule has 0 aliphatic carbocycles. The van der Waals surface area contributed by atoms with E-state index in [9.17, 15) is 18.0 Å². The Hall–Kier alpha value is -2.61. The molecule has 0 spiro atoms. The Morgan fingerprint density at radius 2 is 1.93 bits per heavy atom. The van der Waals surface area contributed by atoms with Crippen molar-refractivity contribution in [3.05, 3.63) is 48.2 Å². The Morgan fingerprint density at radius 3 is 2.61 bits per heavy atom. The molecule has 1 fully saturated rings. The van der Waals surface area contributed by atoms with Gasteiger partial charge in [0, 0.05) is 25.1 Å². The van der Waals surface area contributed by atoms with E-state index in [0.717, 1.165) is 11.3 Å². The van der Waals surface area contributed by atoms with Gasteiger partial charge in [-0.15, -0.1) is 0 Å². The molecule has 0 bridgehead atoms. The molecule has 150 valence electrons. The molecule has 1 amide bonds. The lowest BCUT2D eigenvalue weighted by Crippen LogP contribution is -2.40. The van der Waals surface area contributed by atoms with Crippen molar-refractivity contribution in [2.45, 2.75) is 25.3 Å². The highest BCUT2D eigenvalue weighted by molar-refractivity contribution is 7.91. The lowest BCUT2D eigenvalue weighted by atomic mass is 10.2. The van der Waals surface area contributed by atoms with Gasteiger partial charge in [0.2, 0.25) is 0 Å². The first kappa shape index (κ1) is 20.1. The molecule has 0 N–H and O–H groups in total. The molecule has 1 aromatic heterocycles. The van der Waals surface area contributed by atoms with Crippen LogP contribution in [0.25, 0.3) is 11.3 Å². The van der Waals surface area contributed by atoms with Crippen LogP contribution in [0, 0.1) is 0 Å². The smallest absolute Gasteiger partial charge is 0.306 e. The highest BCUT2D eigenvalue weighted by Gasteiger charge is 2.32. The van der Waals surface area contributed by atoms with Crippen LogP contribution >= 0.6 is 0 Å². The van der Waals surface area contributed by atoms with E-state index >= 15 is 0 Å². The Balaban J connectivity index is 1.42. The predicted molar refractivity (Wildman–Crippen MR) is 103 cm³/mol. The molecule has 1 aromatic carbocycles. The Morgan fingerprint density at radius 1 is 1.18 bits per heavy atom. The number of hydrogen-bond acceptors (Lipinski definition) is 6. The zero-order chi connectivity index (χ0) is 20.1. The van der Waals surface area contributed by atoms with Crippen LogP contribution in [0.2, 0.25) is 0 Å². The number of amides is 1. The number of rotatable bonds is 7. The average molecular weight is 405 g/mol. The Kier molecular flexibility index (Phi) is 6.18. The molecule has 1 unspecified atom stereocenters. The summed E-state index contributed by atoms with van der Waals surface area (Å²) in [5.41, 5.74) is 0.957. The van der Waals surface area contributed by atoms with Crippen molar-refractivity contribution in [2.75, 3.05) is 25.2 Å². The number of carbonyl (C=O) groups excluding carboxylic acids is 2. The van der Waals surface area contributed by atoms with Gasteiger partial charge < -0.3 is 14.1 Å². The summed E-state index contributed by atoms with van der Waals surface area (Å²) in [5, 5.41) is 0. The molecule has 1 saturated heterocycles. The number of hydrogen-bond donors (Lipinski definition) is 0. The van der Waals surface area contributed by atoms with Gasteiger partial charge in [-0.2, -0.15) is 0 Å². The second-order valence-corrected chi connectivity index (χ2v) is 9.08. The third-order valence-electron chi connectivity index (χ3n) is 4.80. The molecule has 28 heavy (non-hydrogen) atoms. The lowest BCUT2D eigenvalue weighted by molar-refractivity contribution is -0.152. The normalized spacial score (nSPS) is 18.0. The maximum absolute atomic E-state index is 12.1. The molecule has 0 saturated carbocycles. The summed E-state index contributed by atoms with van der Waals surface area (Å²) in [6, 6.07) is 13.0. The maximum Gasteiger partial charge on any atom is 0.306 e. The first-order valence-electron chi connectivity index (χ1n) is 9.10. The quantitative estimate of drug-likeness (QED) is 0.655. The van der Waals surface area contributed by atoms with Crippen LogP contribution in [-0.4, -0.2) is 56.4 Å². The third kappa shape index (κ3) is 5.22. The van der Waals surface area contributed by atoms with E-state index in [1.807, 2.05) is 42.5 Å². The highest BCUT2D eigenvalue weighted by Crippen LogP contribution is 2.22. The van der Waals surface area contributed by atoms with Crippen molar-refractivity contribution in [1.82, 2.24) is 4.90 Å². The van der Waals surface area contributed by atoms with Crippen molar-refractivity contribution >= 4 is 21.7 Å². The number of nitrogens with zero attached hydrogens (tertiary/aromatic N) is 1. The van der Waals surface area contributed by atoms with E-state index in [1.54, 1.807) is 0 Å². The Labute approximate surface area is 164 Å². The zero-order valence-electron chi connectivity index (χ0n) is 15.7. The van der Waals surface area contributed by atoms with Gasteiger partial charge in [0.15, 0.2) is 16.4 Å². The van der Waals surface area contributed by atoms with Gasteiger partial charge in [0.1, 0.15) is 11.5 Å². The standard InChI is InChI=1S/C20H23NO6S/c1-21(16-11-12-28(24,25)14-16)19(22)13-26-20(23)10-8-17-7-9-18(27-17)15-5-3-2-4-6-15/h2-7,9,16H,8,10-14H2,1H3. The lowest BCUT2D eigenvalue weighted by Gasteiger charge is -2.23. The third-order valence-corrected chi connectivity index (χ3v) is 6.55. The van der Waals surface area contributed by atoms with Crippen molar-refractivity contribution in [2.24, 2.45) is 0 Å². The SMILES string of the molecule is CN(C(=O)COC(=O)CCc1ccc(-c2ccccc2)o1)C1CCS(=O)(=O)C1. The van der Waals surface area contributed by atoms with E-state index in [4.69, 9.17) is 9.15 Å². The molecular weight excluding hydrogens is 382 g/mol. The van der Waals surface area contributed by atoms with Crippen LogP contribution in [0.4, 0.5) is 0 Å². The molecular formula is C20H23NO6S. The van der Waals surface area contributed by atoms with Gasteiger partial charge in [-0.3, -0.25) is 9.59 Å². The monoisotopic (exact) mass is 405 g/mol. The van der Waals surface area contributed by atoms with Crippen molar-refractivity contribution < 1.29 is 27.2 Å².